The topological polar surface area (TPSA) is 122 Å². The molecule has 8 heteroatoms. The van der Waals surface area contributed by atoms with E-state index in [1.807, 2.05) is 0 Å². The monoisotopic (exact) mass is 476 g/mol. The highest BCUT2D eigenvalue weighted by atomic mass is 16.5. The Labute approximate surface area is 204 Å². The molecule has 0 radical (unpaired) electrons. The average Bonchev–Trinajstić information content (AvgIpc) is 3.27. The third-order valence-corrected chi connectivity index (χ3v) is 7.23. The largest absolute Gasteiger partial charge is 0.619 e. The lowest BCUT2D eigenvalue weighted by molar-refractivity contribution is -0.605. The molecule has 4 aromatic rings. The summed E-state index contributed by atoms with van der Waals surface area (Å²) >= 11 is 0. The molecule has 2 aliphatic rings. The smallest absolute Gasteiger partial charge is 0.183 e. The van der Waals surface area contributed by atoms with Crippen molar-refractivity contribution in [3.05, 3.63) is 141 Å². The van der Waals surface area contributed by atoms with E-state index in [-0.39, 0.29) is 33.4 Å². The summed E-state index contributed by atoms with van der Waals surface area (Å²) in [6.07, 6.45) is 4.45. The first-order valence-corrected chi connectivity index (χ1v) is 11.1. The van der Waals surface area contributed by atoms with Crippen LogP contribution in [0, 0.1) is 10.4 Å². The van der Waals surface area contributed by atoms with Gasteiger partial charge in [0.05, 0.1) is 0 Å². The summed E-state index contributed by atoms with van der Waals surface area (Å²) in [5.41, 5.74) is -4.30. The van der Waals surface area contributed by atoms with Crippen molar-refractivity contribution < 1.29 is 28.6 Å². The van der Waals surface area contributed by atoms with Crippen LogP contribution in [0.3, 0.4) is 0 Å². The quantitative estimate of drug-likeness (QED) is 0.254. The molecule has 0 saturated carbocycles. The highest BCUT2D eigenvalue weighted by molar-refractivity contribution is 6.45. The molecule has 2 aromatic carbocycles. The fraction of sp³-hybridized carbons (Fsp3) is 0.0714. The van der Waals surface area contributed by atoms with Crippen molar-refractivity contribution in [2.75, 3.05) is 0 Å². The molecule has 0 amide bonds. The SMILES string of the molecule is O=C1c2ccccc2C(=O)C1(c1cc[n+]([O-])cc1)C1(c2cc[n+]([O-])cc2)C(=O)c2ccccc2C1=O. The maximum atomic E-state index is 14.4. The lowest BCUT2D eigenvalue weighted by atomic mass is 9.52. The summed E-state index contributed by atoms with van der Waals surface area (Å²) in [5.74, 6) is -2.89. The van der Waals surface area contributed by atoms with Gasteiger partial charge in [-0.1, -0.05) is 48.5 Å². The van der Waals surface area contributed by atoms with Crippen LogP contribution in [0.25, 0.3) is 0 Å². The molecule has 0 atom stereocenters. The average molecular weight is 476 g/mol. The van der Waals surface area contributed by atoms with Gasteiger partial charge in [0.2, 0.25) is 0 Å². The Morgan fingerprint density at radius 2 is 0.694 bits per heavy atom. The van der Waals surface area contributed by atoms with E-state index in [1.165, 1.54) is 48.5 Å². The molecule has 0 fully saturated rings. The van der Waals surface area contributed by atoms with Crippen molar-refractivity contribution >= 4 is 23.1 Å². The van der Waals surface area contributed by atoms with Crippen molar-refractivity contribution in [2.24, 2.45) is 0 Å². The Balaban J connectivity index is 1.81. The van der Waals surface area contributed by atoms with E-state index in [0.29, 0.717) is 9.46 Å². The van der Waals surface area contributed by atoms with E-state index in [2.05, 4.69) is 0 Å². The first-order valence-electron chi connectivity index (χ1n) is 11.1. The summed E-state index contributed by atoms with van der Waals surface area (Å²) in [5, 5.41) is 23.8. The Kier molecular flexibility index (Phi) is 4.34. The molecular weight excluding hydrogens is 460 g/mol. The third kappa shape index (κ3) is 2.37. The number of carbonyl (C=O) groups is 4. The van der Waals surface area contributed by atoms with Crippen LogP contribution >= 0.6 is 0 Å². The minimum absolute atomic E-state index is 0.0363. The number of nitrogens with zero attached hydrogens (tertiary/aromatic N) is 2. The molecule has 0 aliphatic heterocycles. The zero-order valence-corrected chi connectivity index (χ0v) is 18.6. The minimum atomic E-state index is -2.34. The molecule has 0 unspecified atom stereocenters. The van der Waals surface area contributed by atoms with E-state index in [4.69, 9.17) is 0 Å². The zero-order valence-electron chi connectivity index (χ0n) is 18.6. The van der Waals surface area contributed by atoms with E-state index >= 15 is 0 Å². The number of aromatic nitrogens is 2. The number of ketones is 4. The lowest BCUT2D eigenvalue weighted by Gasteiger charge is -2.41. The second-order valence-corrected chi connectivity index (χ2v) is 8.80. The molecule has 0 N–H and O–H groups in total. The number of rotatable bonds is 3. The molecule has 36 heavy (non-hydrogen) atoms. The molecule has 2 aromatic heterocycles. The van der Waals surface area contributed by atoms with Crippen molar-refractivity contribution in [1.82, 2.24) is 0 Å². The highest BCUT2D eigenvalue weighted by Crippen LogP contribution is 2.57. The summed E-state index contributed by atoms with van der Waals surface area (Å²) in [6, 6.07) is 17.5. The van der Waals surface area contributed by atoms with Crippen LogP contribution in [0.15, 0.2) is 97.6 Å². The molecule has 2 heterocycles. The molecule has 0 bridgehead atoms. The molecule has 2 aliphatic carbocycles. The van der Waals surface area contributed by atoms with Gasteiger partial charge in [-0.25, -0.2) is 0 Å². The van der Waals surface area contributed by atoms with Gasteiger partial charge in [-0.15, -0.1) is 0 Å². The fourth-order valence-corrected chi connectivity index (χ4v) is 5.74. The van der Waals surface area contributed by atoms with Crippen LogP contribution in [0.5, 0.6) is 0 Å². The summed E-state index contributed by atoms with van der Waals surface area (Å²) in [4.78, 5) is 57.6. The standard InChI is InChI=1S/C28H16N2O6/c31-23-19-5-1-2-6-20(19)24(32)27(23,17-9-13-29(35)14-10-17)28(18-11-15-30(36)16-12-18)25(33)21-7-3-4-8-22(21)26(28)34/h1-16H. The number of hydrogen-bond acceptors (Lipinski definition) is 6. The summed E-state index contributed by atoms with van der Waals surface area (Å²) < 4.78 is 0.966. The van der Waals surface area contributed by atoms with Gasteiger partial charge in [-0.2, -0.15) is 9.46 Å². The van der Waals surface area contributed by atoms with Gasteiger partial charge in [0, 0.05) is 46.5 Å². The summed E-state index contributed by atoms with van der Waals surface area (Å²) in [7, 11) is 0. The van der Waals surface area contributed by atoms with Crippen LogP contribution in [-0.2, 0) is 10.8 Å². The predicted octanol–water partition coefficient (Wildman–Crippen LogP) is 2.29. The van der Waals surface area contributed by atoms with E-state index in [9.17, 15) is 29.6 Å². The maximum absolute atomic E-state index is 14.4. The Bertz CT molecular complexity index is 1430. The van der Waals surface area contributed by atoms with Crippen LogP contribution in [0.4, 0.5) is 0 Å². The Morgan fingerprint density at radius 1 is 0.444 bits per heavy atom. The Hall–Kier alpha value is -4.98. The van der Waals surface area contributed by atoms with Crippen LogP contribution in [0.1, 0.15) is 52.6 Å². The van der Waals surface area contributed by atoms with Gasteiger partial charge in [-0.05, 0) is 11.1 Å². The molecule has 0 saturated heterocycles. The number of pyridine rings is 2. The fourth-order valence-electron chi connectivity index (χ4n) is 5.74. The van der Waals surface area contributed by atoms with Gasteiger partial charge in [0.15, 0.2) is 47.9 Å². The first kappa shape index (κ1) is 21.5. The second-order valence-electron chi connectivity index (χ2n) is 8.80. The maximum Gasteiger partial charge on any atom is 0.183 e. The van der Waals surface area contributed by atoms with Crippen LogP contribution < -0.4 is 9.46 Å². The van der Waals surface area contributed by atoms with Gasteiger partial charge < -0.3 is 10.4 Å². The van der Waals surface area contributed by atoms with Crippen molar-refractivity contribution in [1.29, 1.82) is 0 Å². The minimum Gasteiger partial charge on any atom is -0.619 e. The second kappa shape index (κ2) is 7.26. The number of Topliss-reactive ketones (excluding diaryl/α,β-unsaturated/α-hetero) is 4. The third-order valence-electron chi connectivity index (χ3n) is 7.23. The number of carbonyl (C=O) groups excluding carboxylic acids is 4. The van der Waals surface area contributed by atoms with Gasteiger partial charge in [0.1, 0.15) is 10.8 Å². The van der Waals surface area contributed by atoms with Crippen molar-refractivity contribution in [2.45, 2.75) is 10.8 Å². The number of fused-ring (bicyclic) bond motifs is 2. The summed E-state index contributed by atoms with van der Waals surface area (Å²) in [6.45, 7) is 0. The van der Waals surface area contributed by atoms with Gasteiger partial charge in [-0.3, -0.25) is 19.2 Å². The van der Waals surface area contributed by atoms with Crippen LogP contribution in [0.2, 0.25) is 0 Å². The van der Waals surface area contributed by atoms with E-state index in [1.54, 1.807) is 24.3 Å². The van der Waals surface area contributed by atoms with E-state index in [0.717, 1.165) is 24.8 Å². The van der Waals surface area contributed by atoms with Gasteiger partial charge in [0.25, 0.3) is 0 Å². The van der Waals surface area contributed by atoms with Crippen molar-refractivity contribution in [3.8, 4) is 0 Å². The number of benzene rings is 2. The normalized spacial score (nSPS) is 17.2. The first-order chi connectivity index (χ1) is 17.3. The predicted molar refractivity (Wildman–Crippen MR) is 124 cm³/mol. The zero-order chi connectivity index (χ0) is 25.2. The molecular formula is C28H16N2O6. The molecule has 0 spiro atoms. The number of hydrogen-bond donors (Lipinski definition) is 0. The van der Waals surface area contributed by atoms with E-state index < -0.39 is 34.0 Å². The molecule has 8 nitrogen and oxygen atoms in total. The van der Waals surface area contributed by atoms with Crippen molar-refractivity contribution in [3.63, 3.8) is 0 Å². The Morgan fingerprint density at radius 3 is 0.944 bits per heavy atom. The lowest BCUT2D eigenvalue weighted by Crippen LogP contribution is -2.62. The van der Waals surface area contributed by atoms with Crippen LogP contribution in [-0.4, -0.2) is 23.1 Å². The molecule has 6 rings (SSSR count). The molecule has 174 valence electrons. The highest BCUT2D eigenvalue weighted by Gasteiger charge is 2.75. The van der Waals surface area contributed by atoms with Gasteiger partial charge >= 0.3 is 0 Å².